The highest BCUT2D eigenvalue weighted by atomic mass is 15.3. The molecule has 17 heavy (non-hydrogen) atoms. The van der Waals surface area contributed by atoms with Gasteiger partial charge in [-0.3, -0.25) is 4.90 Å². The fourth-order valence-electron chi connectivity index (χ4n) is 3.99. The Hall–Kier alpha value is -0.120. The maximum Gasteiger partial charge on any atom is 0.0223 e. The first-order chi connectivity index (χ1) is 8.24. The van der Waals surface area contributed by atoms with Crippen LogP contribution in [0.15, 0.2) is 0 Å². The van der Waals surface area contributed by atoms with Crippen LogP contribution in [0.4, 0.5) is 0 Å². The molecule has 0 radical (unpaired) electrons. The third kappa shape index (κ3) is 2.38. The molecule has 0 aliphatic carbocycles. The van der Waals surface area contributed by atoms with E-state index in [0.29, 0.717) is 0 Å². The van der Waals surface area contributed by atoms with E-state index in [-0.39, 0.29) is 0 Å². The second-order valence-electron chi connectivity index (χ2n) is 6.49. The molecular formula is C14H27N3. The predicted octanol–water partition coefficient (Wildman–Crippen LogP) is 1.01. The molecule has 2 bridgehead atoms. The third-order valence-corrected chi connectivity index (χ3v) is 5.40. The van der Waals surface area contributed by atoms with Crippen LogP contribution in [0.2, 0.25) is 0 Å². The standard InChI is InChI=1S/C14H27N3/c1-11-7-15-8-12(11)9-17-6-5-13-3-4-14(10-17)16(13)2/h11-15H,3-10H2,1-2H3. The van der Waals surface area contributed by atoms with Gasteiger partial charge in [-0.2, -0.15) is 0 Å². The smallest absolute Gasteiger partial charge is 0.0223 e. The lowest BCUT2D eigenvalue weighted by molar-refractivity contribution is 0.190. The molecule has 3 heteroatoms. The van der Waals surface area contributed by atoms with Crippen LogP contribution in [-0.2, 0) is 0 Å². The zero-order chi connectivity index (χ0) is 11.8. The summed E-state index contributed by atoms with van der Waals surface area (Å²) in [5.41, 5.74) is 0. The van der Waals surface area contributed by atoms with Crippen molar-refractivity contribution in [3.63, 3.8) is 0 Å². The van der Waals surface area contributed by atoms with E-state index < -0.39 is 0 Å². The number of rotatable bonds is 2. The SMILES string of the molecule is CC1CNCC1CN1CCC2CCC(C1)N2C. The Morgan fingerprint density at radius 3 is 2.71 bits per heavy atom. The number of likely N-dealkylation sites (tertiary alicyclic amines) is 1. The van der Waals surface area contributed by atoms with Crippen LogP contribution >= 0.6 is 0 Å². The van der Waals surface area contributed by atoms with Crippen molar-refractivity contribution in [2.75, 3.05) is 39.8 Å². The summed E-state index contributed by atoms with van der Waals surface area (Å²) < 4.78 is 0. The first-order valence-corrected chi connectivity index (χ1v) is 7.39. The van der Waals surface area contributed by atoms with Gasteiger partial charge in [0, 0.05) is 25.2 Å². The summed E-state index contributed by atoms with van der Waals surface area (Å²) in [4.78, 5) is 5.39. The van der Waals surface area contributed by atoms with E-state index in [9.17, 15) is 0 Å². The van der Waals surface area contributed by atoms with E-state index >= 15 is 0 Å². The third-order valence-electron chi connectivity index (χ3n) is 5.40. The van der Waals surface area contributed by atoms with E-state index in [2.05, 4.69) is 29.1 Å². The first kappa shape index (κ1) is 11.9. The number of hydrogen-bond acceptors (Lipinski definition) is 3. The fourth-order valence-corrected chi connectivity index (χ4v) is 3.99. The molecule has 0 aromatic heterocycles. The lowest BCUT2D eigenvalue weighted by atomic mass is 9.97. The summed E-state index contributed by atoms with van der Waals surface area (Å²) in [6.45, 7) is 8.84. The zero-order valence-corrected chi connectivity index (χ0v) is 11.4. The van der Waals surface area contributed by atoms with Gasteiger partial charge >= 0.3 is 0 Å². The minimum absolute atomic E-state index is 0.840. The van der Waals surface area contributed by atoms with Gasteiger partial charge in [0.05, 0.1) is 0 Å². The van der Waals surface area contributed by atoms with Gasteiger partial charge in [0.25, 0.3) is 0 Å². The van der Waals surface area contributed by atoms with Crippen LogP contribution in [-0.4, -0.2) is 61.7 Å². The zero-order valence-electron chi connectivity index (χ0n) is 11.4. The molecule has 3 nitrogen and oxygen atoms in total. The average molecular weight is 237 g/mol. The fraction of sp³-hybridized carbons (Fsp3) is 1.00. The number of nitrogens with zero attached hydrogens (tertiary/aromatic N) is 2. The van der Waals surface area contributed by atoms with Crippen molar-refractivity contribution in [1.82, 2.24) is 15.1 Å². The molecule has 4 unspecified atom stereocenters. The molecule has 0 spiro atoms. The summed E-state index contributed by atoms with van der Waals surface area (Å²) in [5.74, 6) is 1.75. The van der Waals surface area contributed by atoms with Gasteiger partial charge in [-0.15, -0.1) is 0 Å². The van der Waals surface area contributed by atoms with E-state index in [4.69, 9.17) is 0 Å². The van der Waals surface area contributed by atoms with Crippen LogP contribution in [0.25, 0.3) is 0 Å². The van der Waals surface area contributed by atoms with E-state index in [0.717, 1.165) is 23.9 Å². The highest BCUT2D eigenvalue weighted by molar-refractivity contribution is 4.92. The normalized spacial score (nSPS) is 44.1. The topological polar surface area (TPSA) is 18.5 Å². The van der Waals surface area contributed by atoms with E-state index in [1.165, 1.54) is 52.0 Å². The molecule has 1 N–H and O–H groups in total. The summed E-state index contributed by atoms with van der Waals surface area (Å²) >= 11 is 0. The summed E-state index contributed by atoms with van der Waals surface area (Å²) in [6, 6.07) is 1.72. The van der Waals surface area contributed by atoms with Crippen LogP contribution in [0, 0.1) is 11.8 Å². The molecular weight excluding hydrogens is 210 g/mol. The van der Waals surface area contributed by atoms with Gasteiger partial charge in [0.1, 0.15) is 0 Å². The molecule has 4 atom stereocenters. The van der Waals surface area contributed by atoms with Crippen LogP contribution in [0.5, 0.6) is 0 Å². The Kier molecular flexibility index (Phi) is 3.42. The lowest BCUT2D eigenvalue weighted by Crippen LogP contribution is -2.39. The Morgan fingerprint density at radius 2 is 1.94 bits per heavy atom. The van der Waals surface area contributed by atoms with Crippen molar-refractivity contribution < 1.29 is 0 Å². The molecule has 0 aromatic rings. The first-order valence-electron chi connectivity index (χ1n) is 7.39. The highest BCUT2D eigenvalue weighted by Crippen LogP contribution is 2.29. The molecule has 3 saturated heterocycles. The molecule has 0 amide bonds. The molecule has 0 saturated carbocycles. The minimum atomic E-state index is 0.840. The predicted molar refractivity (Wildman–Crippen MR) is 71.2 cm³/mol. The van der Waals surface area contributed by atoms with Crippen molar-refractivity contribution in [3.05, 3.63) is 0 Å². The van der Waals surface area contributed by atoms with Crippen molar-refractivity contribution in [2.45, 2.75) is 38.3 Å². The van der Waals surface area contributed by atoms with E-state index in [1.807, 2.05) is 0 Å². The molecule has 3 rings (SSSR count). The second-order valence-corrected chi connectivity index (χ2v) is 6.49. The Bertz CT molecular complexity index is 268. The van der Waals surface area contributed by atoms with Crippen LogP contribution in [0.1, 0.15) is 26.2 Å². The molecule has 0 aromatic carbocycles. The number of likely N-dealkylation sites (N-methyl/N-ethyl adjacent to an activating group) is 1. The Labute approximate surface area is 106 Å². The van der Waals surface area contributed by atoms with Crippen molar-refractivity contribution in [2.24, 2.45) is 11.8 Å². The number of nitrogens with one attached hydrogen (secondary N) is 1. The van der Waals surface area contributed by atoms with Crippen LogP contribution in [0.3, 0.4) is 0 Å². The summed E-state index contributed by atoms with van der Waals surface area (Å²) in [6.07, 6.45) is 4.26. The van der Waals surface area contributed by atoms with Crippen molar-refractivity contribution >= 4 is 0 Å². The monoisotopic (exact) mass is 237 g/mol. The van der Waals surface area contributed by atoms with Crippen molar-refractivity contribution in [3.8, 4) is 0 Å². The maximum absolute atomic E-state index is 3.53. The number of fused-ring (bicyclic) bond motifs is 2. The molecule has 3 aliphatic rings. The van der Waals surface area contributed by atoms with Gasteiger partial charge in [-0.1, -0.05) is 6.92 Å². The quantitative estimate of drug-likeness (QED) is 0.773. The van der Waals surface area contributed by atoms with Crippen molar-refractivity contribution in [1.29, 1.82) is 0 Å². The Morgan fingerprint density at radius 1 is 1.12 bits per heavy atom. The largest absolute Gasteiger partial charge is 0.316 e. The van der Waals surface area contributed by atoms with E-state index in [1.54, 1.807) is 0 Å². The van der Waals surface area contributed by atoms with Gasteiger partial charge in [0.15, 0.2) is 0 Å². The second kappa shape index (κ2) is 4.87. The minimum Gasteiger partial charge on any atom is -0.316 e. The molecule has 3 aliphatic heterocycles. The summed E-state index contributed by atoms with van der Waals surface area (Å²) in [7, 11) is 2.34. The highest BCUT2D eigenvalue weighted by Gasteiger charge is 2.35. The van der Waals surface area contributed by atoms with Gasteiger partial charge in [0.2, 0.25) is 0 Å². The summed E-state index contributed by atoms with van der Waals surface area (Å²) in [5, 5.41) is 3.53. The Balaban J connectivity index is 1.58. The lowest BCUT2D eigenvalue weighted by Gasteiger charge is -2.29. The maximum atomic E-state index is 3.53. The molecule has 3 heterocycles. The number of hydrogen-bond donors (Lipinski definition) is 1. The van der Waals surface area contributed by atoms with Crippen LogP contribution < -0.4 is 5.32 Å². The molecule has 98 valence electrons. The average Bonchev–Trinajstić information content (AvgIpc) is 2.78. The van der Waals surface area contributed by atoms with Gasteiger partial charge < -0.3 is 10.2 Å². The van der Waals surface area contributed by atoms with Gasteiger partial charge in [-0.25, -0.2) is 0 Å². The van der Waals surface area contributed by atoms with Gasteiger partial charge in [-0.05, 0) is 57.8 Å². The molecule has 3 fully saturated rings.